The van der Waals surface area contributed by atoms with E-state index in [-0.39, 0.29) is 24.2 Å². The number of aromatic nitrogens is 10. The van der Waals surface area contributed by atoms with Gasteiger partial charge in [-0.2, -0.15) is 0 Å². The molecule has 18 heteroatoms. The number of H-pyrrole nitrogens is 2. The molecule has 10 rings (SSSR count). The van der Waals surface area contributed by atoms with Crippen LogP contribution in [0.5, 0.6) is 0 Å². The van der Waals surface area contributed by atoms with Gasteiger partial charge in [0.05, 0.1) is 51.3 Å². The summed E-state index contributed by atoms with van der Waals surface area (Å²) < 4.78 is 16.0. The molecule has 7 N–H and O–H groups in total. The van der Waals surface area contributed by atoms with E-state index < -0.39 is 11.7 Å². The predicted octanol–water partition coefficient (Wildman–Crippen LogP) is 8.57. The Morgan fingerprint density at radius 1 is 0.677 bits per heavy atom. The first-order valence-corrected chi connectivity index (χ1v) is 21.9. The monoisotopic (exact) mass is 878 g/mol. The quantitative estimate of drug-likeness (QED) is 0.0794. The van der Waals surface area contributed by atoms with Crippen molar-refractivity contribution < 1.29 is 18.6 Å². The smallest absolute Gasteiger partial charge is 0.407 e. The van der Waals surface area contributed by atoms with E-state index in [4.69, 9.17) is 39.5 Å². The van der Waals surface area contributed by atoms with Gasteiger partial charge < -0.3 is 45.4 Å². The first-order valence-electron chi connectivity index (χ1n) is 21.9. The maximum Gasteiger partial charge on any atom is 0.407 e. The minimum Gasteiger partial charge on any atom is -0.444 e. The summed E-state index contributed by atoms with van der Waals surface area (Å²) in [5.74, 6) is 2.63. The van der Waals surface area contributed by atoms with Gasteiger partial charge in [-0.15, -0.1) is 0 Å². The van der Waals surface area contributed by atoms with E-state index in [0.717, 1.165) is 127 Å². The number of alkyl carbamates (subject to hydrolysis) is 1. The van der Waals surface area contributed by atoms with Crippen molar-refractivity contribution in [2.75, 3.05) is 10.6 Å². The van der Waals surface area contributed by atoms with Crippen molar-refractivity contribution in [3.8, 4) is 45.0 Å². The number of ether oxygens (including phenoxy) is 1. The van der Waals surface area contributed by atoms with Crippen LogP contribution in [0.15, 0.2) is 58.1 Å². The maximum absolute atomic E-state index is 12.2. The molecule has 4 atom stereocenters. The van der Waals surface area contributed by atoms with E-state index in [1.54, 1.807) is 0 Å². The molecule has 0 aromatic carbocycles. The fourth-order valence-electron chi connectivity index (χ4n) is 8.29. The molecule has 0 unspecified atom stereocenters. The number of aryl methyl sites for hydroxylation is 6. The summed E-state index contributed by atoms with van der Waals surface area (Å²) in [6.45, 7) is 17.2. The standard InChI is InChI=1S/C26H31N7O3.C21H23N7O/c1-13-11-28-24(30-18-9-10-19(18)31-25(34)35-26(4,5)6)32-22(13)17-12-27-23-16(17)7-8-20(29-23)21-14(2)33-36-15(21)3;1-10-8-24-21(26-16-7-5-15(16)22)27-19(10)14-9-23-20-13(14)4-6-17(25-20)18-11(2)28-29-12(18)3/h7-8,11-12,18-19H,9-10H2,1-6H3,(H,27,29)(H,31,34)(H,28,30,32);4,6,8-9,15-16H,5,7,22H2,1-3H3,(H,23,25)(H,24,26,27)/t18-,19-;15-,16-/m00/s1. The third-order valence-electron chi connectivity index (χ3n) is 12.0. The van der Waals surface area contributed by atoms with Crippen LogP contribution in [0.4, 0.5) is 16.7 Å². The maximum atomic E-state index is 12.2. The van der Waals surface area contributed by atoms with E-state index in [1.807, 2.05) is 105 Å². The fraction of sp³-hybridized carbons (Fsp3) is 0.383. The molecule has 8 aromatic heterocycles. The molecule has 2 saturated carbocycles. The third-order valence-corrected chi connectivity index (χ3v) is 12.0. The first-order chi connectivity index (χ1) is 31.1. The number of carbonyl (C=O) groups excluding carboxylic acids is 1. The highest BCUT2D eigenvalue weighted by Crippen LogP contribution is 2.35. The van der Waals surface area contributed by atoms with Crippen molar-refractivity contribution in [2.24, 2.45) is 5.73 Å². The first kappa shape index (κ1) is 43.1. The second-order valence-corrected chi connectivity index (χ2v) is 18.0. The van der Waals surface area contributed by atoms with E-state index in [9.17, 15) is 4.79 Å². The number of nitrogens with two attached hydrogens (primary N) is 1. The summed E-state index contributed by atoms with van der Waals surface area (Å²) in [4.78, 5) is 46.8. The zero-order valence-electron chi connectivity index (χ0n) is 38.0. The van der Waals surface area contributed by atoms with E-state index in [0.29, 0.717) is 11.9 Å². The van der Waals surface area contributed by atoms with Crippen LogP contribution >= 0.6 is 0 Å². The second-order valence-electron chi connectivity index (χ2n) is 18.0. The summed E-state index contributed by atoms with van der Waals surface area (Å²) in [5, 5.41) is 19.7. The summed E-state index contributed by atoms with van der Waals surface area (Å²) in [6.07, 6.45) is 11.0. The molecule has 0 radical (unpaired) electrons. The lowest BCUT2D eigenvalue weighted by molar-refractivity contribution is 0.0472. The van der Waals surface area contributed by atoms with Gasteiger partial charge in [0.1, 0.15) is 28.4 Å². The van der Waals surface area contributed by atoms with Gasteiger partial charge in [0.2, 0.25) is 11.9 Å². The van der Waals surface area contributed by atoms with Crippen molar-refractivity contribution in [2.45, 2.75) is 118 Å². The Kier molecular flexibility index (Phi) is 11.3. The molecule has 0 bridgehead atoms. The second kappa shape index (κ2) is 17.1. The Bertz CT molecular complexity index is 3010. The molecule has 0 spiro atoms. The molecule has 8 aromatic rings. The van der Waals surface area contributed by atoms with Gasteiger partial charge >= 0.3 is 6.09 Å². The molecule has 8 heterocycles. The fourth-order valence-corrected chi connectivity index (χ4v) is 8.29. The number of hydrogen-bond acceptors (Lipinski definition) is 15. The predicted molar refractivity (Wildman–Crippen MR) is 248 cm³/mol. The number of nitrogens with zero attached hydrogens (tertiary/aromatic N) is 8. The highest BCUT2D eigenvalue weighted by Gasteiger charge is 2.34. The molecule has 2 fully saturated rings. The molecular formula is C47H54N14O4. The van der Waals surface area contributed by atoms with Crippen molar-refractivity contribution >= 4 is 40.1 Å². The molecule has 336 valence electrons. The zero-order valence-corrected chi connectivity index (χ0v) is 38.0. The Morgan fingerprint density at radius 2 is 1.15 bits per heavy atom. The third kappa shape index (κ3) is 8.72. The van der Waals surface area contributed by atoms with E-state index >= 15 is 0 Å². The lowest BCUT2D eigenvalue weighted by Gasteiger charge is -2.37. The van der Waals surface area contributed by atoms with Gasteiger partial charge in [0.15, 0.2) is 0 Å². The number of aromatic amines is 2. The highest BCUT2D eigenvalue weighted by molar-refractivity contribution is 5.95. The van der Waals surface area contributed by atoms with E-state index in [1.165, 1.54) is 0 Å². The Morgan fingerprint density at radius 3 is 1.55 bits per heavy atom. The van der Waals surface area contributed by atoms with Gasteiger partial charge in [-0.1, -0.05) is 10.3 Å². The average molecular weight is 879 g/mol. The number of nitrogens with one attached hydrogen (secondary N) is 5. The molecular weight excluding hydrogens is 825 g/mol. The van der Waals surface area contributed by atoms with Crippen LogP contribution in [0, 0.1) is 41.5 Å². The normalized spacial score (nSPS) is 18.1. The van der Waals surface area contributed by atoms with Gasteiger partial charge in [-0.3, -0.25) is 0 Å². The van der Waals surface area contributed by atoms with Crippen LogP contribution in [0.1, 0.15) is 80.5 Å². The molecule has 1 amide bonds. The zero-order chi connectivity index (χ0) is 45.7. The number of carbonyl (C=O) groups is 1. The van der Waals surface area contributed by atoms with Gasteiger partial charge in [-0.25, -0.2) is 34.7 Å². The molecule has 0 saturated heterocycles. The molecule has 2 aliphatic carbocycles. The lowest BCUT2D eigenvalue weighted by Crippen LogP contribution is -2.54. The topological polar surface area (TPSA) is 249 Å². The van der Waals surface area contributed by atoms with Gasteiger partial charge in [0.25, 0.3) is 0 Å². The van der Waals surface area contributed by atoms with E-state index in [2.05, 4.69) is 52.3 Å². The van der Waals surface area contributed by atoms with Crippen molar-refractivity contribution in [3.63, 3.8) is 0 Å². The van der Waals surface area contributed by atoms with Crippen molar-refractivity contribution in [1.82, 2.24) is 55.5 Å². The Balaban J connectivity index is 0.000000168. The van der Waals surface area contributed by atoms with Crippen LogP contribution in [-0.2, 0) is 4.74 Å². The molecule has 18 nitrogen and oxygen atoms in total. The van der Waals surface area contributed by atoms with Crippen LogP contribution in [0.2, 0.25) is 0 Å². The summed E-state index contributed by atoms with van der Waals surface area (Å²) in [6, 6.07) is 8.49. The van der Waals surface area contributed by atoms with Crippen LogP contribution in [0.3, 0.4) is 0 Å². The molecule has 65 heavy (non-hydrogen) atoms. The SMILES string of the molecule is Cc1cnc(N[C@H]2CC[C@@H]2N)nc1-c1c[nH]c2nc(-c3c(C)noc3C)ccc12.Cc1cnc(N[C@H]2CC[C@@H]2NC(=O)OC(C)(C)C)nc1-c1c[nH]c2nc(-c3c(C)noc3C)ccc12. The number of fused-ring (bicyclic) bond motifs is 2. The molecule has 0 aliphatic heterocycles. The van der Waals surface area contributed by atoms with Gasteiger partial charge in [0, 0.05) is 64.8 Å². The molecule has 2 aliphatic rings. The summed E-state index contributed by atoms with van der Waals surface area (Å²) >= 11 is 0. The Hall–Kier alpha value is -7.21. The summed E-state index contributed by atoms with van der Waals surface area (Å²) in [5.41, 5.74) is 17.8. The van der Waals surface area contributed by atoms with Crippen LogP contribution in [-0.4, -0.2) is 86.0 Å². The van der Waals surface area contributed by atoms with Crippen molar-refractivity contribution in [1.29, 1.82) is 0 Å². The minimum atomic E-state index is -0.534. The van der Waals surface area contributed by atoms with Crippen LogP contribution < -0.4 is 21.7 Å². The number of amides is 1. The minimum absolute atomic E-state index is 0.0340. The number of hydrogen-bond donors (Lipinski definition) is 6. The number of rotatable bonds is 9. The lowest BCUT2D eigenvalue weighted by atomic mass is 9.86. The number of anilines is 2. The van der Waals surface area contributed by atoms with Gasteiger partial charge in [-0.05, 0) is 123 Å². The average Bonchev–Trinajstić information content (AvgIpc) is 4.05. The summed E-state index contributed by atoms with van der Waals surface area (Å²) in [7, 11) is 0. The largest absolute Gasteiger partial charge is 0.444 e. The van der Waals surface area contributed by atoms with Crippen molar-refractivity contribution in [3.05, 3.63) is 83.1 Å². The van der Waals surface area contributed by atoms with Crippen LogP contribution in [0.25, 0.3) is 67.1 Å². The number of pyridine rings is 2. The highest BCUT2D eigenvalue weighted by atomic mass is 16.6. The Labute approximate surface area is 375 Å².